The zero-order chi connectivity index (χ0) is 19.3. The van der Waals surface area contributed by atoms with E-state index in [0.29, 0.717) is 17.1 Å². The van der Waals surface area contributed by atoms with Crippen molar-refractivity contribution in [1.82, 2.24) is 14.9 Å². The first-order valence-electron chi connectivity index (χ1n) is 9.51. The minimum atomic E-state index is -0.635. The Morgan fingerprint density at radius 1 is 1.18 bits per heavy atom. The molecular weight excluding hydrogens is 359 g/mol. The zero-order valence-corrected chi connectivity index (χ0v) is 15.6. The van der Waals surface area contributed by atoms with E-state index in [1.54, 1.807) is 12.1 Å². The number of aromatic amines is 1. The van der Waals surface area contributed by atoms with Crippen LogP contribution in [0.25, 0.3) is 11.0 Å². The van der Waals surface area contributed by atoms with Crippen molar-refractivity contribution in [3.63, 3.8) is 0 Å². The van der Waals surface area contributed by atoms with E-state index in [2.05, 4.69) is 26.8 Å². The molecule has 0 radical (unpaired) electrons. The van der Waals surface area contributed by atoms with Gasteiger partial charge in [0.25, 0.3) is 0 Å². The largest absolute Gasteiger partial charge is 0.425 e. The SMILES string of the molecule is CN1CCN(c2cc(F)c3c(c2)OC(=O)C(c2nc4ccccc4[nH]2)C3)CC1. The Kier molecular flexibility index (Phi) is 4.05. The Labute approximate surface area is 161 Å². The number of H-pyrrole nitrogens is 1. The molecule has 1 unspecified atom stereocenters. The maximum Gasteiger partial charge on any atom is 0.322 e. The monoisotopic (exact) mass is 380 g/mol. The van der Waals surface area contributed by atoms with Crippen LogP contribution in [0.3, 0.4) is 0 Å². The number of nitrogens with one attached hydrogen (secondary N) is 1. The summed E-state index contributed by atoms with van der Waals surface area (Å²) in [6.07, 6.45) is 0.239. The van der Waals surface area contributed by atoms with E-state index in [1.807, 2.05) is 24.3 Å². The fourth-order valence-corrected chi connectivity index (χ4v) is 3.95. The van der Waals surface area contributed by atoms with Gasteiger partial charge in [-0.05, 0) is 31.7 Å². The predicted octanol–water partition coefficient (Wildman–Crippen LogP) is 2.70. The first-order chi connectivity index (χ1) is 13.6. The molecule has 5 rings (SSSR count). The molecule has 1 atom stereocenters. The number of aromatic nitrogens is 2. The van der Waals surface area contributed by atoms with Crippen molar-refractivity contribution < 1.29 is 13.9 Å². The number of nitrogens with zero attached hydrogens (tertiary/aromatic N) is 3. The molecule has 1 aromatic heterocycles. The van der Waals surface area contributed by atoms with E-state index in [4.69, 9.17) is 4.74 Å². The van der Waals surface area contributed by atoms with E-state index in [0.717, 1.165) is 42.9 Å². The molecule has 28 heavy (non-hydrogen) atoms. The van der Waals surface area contributed by atoms with E-state index in [9.17, 15) is 9.18 Å². The average molecular weight is 380 g/mol. The standard InChI is InChI=1S/C21H21FN4O2/c1-25-6-8-26(9-7-25)13-10-16(22)14-12-15(21(27)28-19(14)11-13)20-23-17-4-2-3-5-18(17)24-20/h2-5,10-11,15H,6-9,12H2,1H3,(H,23,24). The molecule has 6 nitrogen and oxygen atoms in total. The van der Waals surface area contributed by atoms with Crippen molar-refractivity contribution in [2.24, 2.45) is 0 Å². The topological polar surface area (TPSA) is 61.5 Å². The minimum absolute atomic E-state index is 0.239. The minimum Gasteiger partial charge on any atom is -0.425 e. The number of hydrogen-bond donors (Lipinski definition) is 1. The zero-order valence-electron chi connectivity index (χ0n) is 15.6. The maximum atomic E-state index is 14.9. The van der Waals surface area contributed by atoms with E-state index >= 15 is 0 Å². The van der Waals surface area contributed by atoms with Gasteiger partial charge in [0.15, 0.2) is 0 Å². The van der Waals surface area contributed by atoms with Crippen LogP contribution in [-0.4, -0.2) is 54.1 Å². The van der Waals surface area contributed by atoms with Crippen LogP contribution in [-0.2, 0) is 11.2 Å². The molecule has 144 valence electrons. The number of hydrogen-bond acceptors (Lipinski definition) is 5. The van der Waals surface area contributed by atoms with Gasteiger partial charge in [0.05, 0.1) is 11.0 Å². The van der Waals surface area contributed by atoms with Gasteiger partial charge in [-0.3, -0.25) is 4.79 Å². The predicted molar refractivity (Wildman–Crippen MR) is 104 cm³/mol. The lowest BCUT2D eigenvalue weighted by Crippen LogP contribution is -2.44. The molecule has 0 spiro atoms. The Bertz CT molecular complexity index is 1020. The number of fused-ring (bicyclic) bond motifs is 2. The molecule has 0 aliphatic carbocycles. The van der Waals surface area contributed by atoms with Crippen molar-refractivity contribution in [3.8, 4) is 5.75 Å². The number of halogens is 1. The number of anilines is 1. The molecule has 1 N–H and O–H groups in total. The van der Waals surface area contributed by atoms with E-state index in [-0.39, 0.29) is 12.2 Å². The number of imidazole rings is 1. The highest BCUT2D eigenvalue weighted by Gasteiger charge is 2.34. The number of likely N-dealkylation sites (N-methyl/N-ethyl adjacent to an activating group) is 1. The number of benzene rings is 2. The molecular formula is C21H21FN4O2. The third kappa shape index (κ3) is 2.92. The number of carbonyl (C=O) groups excluding carboxylic acids is 1. The molecule has 1 fully saturated rings. The number of piperazine rings is 1. The van der Waals surface area contributed by atoms with Gasteiger partial charge < -0.3 is 19.5 Å². The van der Waals surface area contributed by atoms with Gasteiger partial charge >= 0.3 is 5.97 Å². The van der Waals surface area contributed by atoms with Crippen molar-refractivity contribution in [3.05, 3.63) is 53.6 Å². The molecule has 7 heteroatoms. The van der Waals surface area contributed by atoms with E-state index in [1.165, 1.54) is 0 Å². The Morgan fingerprint density at radius 2 is 1.96 bits per heavy atom. The Morgan fingerprint density at radius 3 is 2.75 bits per heavy atom. The highest BCUT2D eigenvalue weighted by Crippen LogP contribution is 2.37. The third-order valence-electron chi connectivity index (χ3n) is 5.65. The summed E-state index contributed by atoms with van der Waals surface area (Å²) < 4.78 is 20.5. The lowest BCUT2D eigenvalue weighted by Gasteiger charge is -2.34. The van der Waals surface area contributed by atoms with Crippen LogP contribution < -0.4 is 9.64 Å². The molecule has 0 saturated carbocycles. The molecule has 2 aliphatic heterocycles. The lowest BCUT2D eigenvalue weighted by atomic mass is 9.94. The molecule has 2 aliphatic rings. The van der Waals surface area contributed by atoms with Gasteiger partial charge in [-0.1, -0.05) is 12.1 Å². The van der Waals surface area contributed by atoms with Crippen LogP contribution in [0.5, 0.6) is 5.75 Å². The first-order valence-corrected chi connectivity index (χ1v) is 9.51. The number of ether oxygens (including phenoxy) is 1. The van der Waals surface area contributed by atoms with Crippen molar-refractivity contribution in [2.75, 3.05) is 38.1 Å². The fraction of sp³-hybridized carbons (Fsp3) is 0.333. The molecule has 0 amide bonds. The summed E-state index contributed by atoms with van der Waals surface area (Å²) in [4.78, 5) is 24.7. The lowest BCUT2D eigenvalue weighted by molar-refractivity contribution is -0.137. The summed E-state index contributed by atoms with van der Waals surface area (Å²) in [5, 5.41) is 0. The van der Waals surface area contributed by atoms with E-state index < -0.39 is 11.9 Å². The smallest absolute Gasteiger partial charge is 0.322 e. The van der Waals surface area contributed by atoms with Gasteiger partial charge in [0.2, 0.25) is 0 Å². The first kappa shape index (κ1) is 17.2. The quantitative estimate of drug-likeness (QED) is 0.547. The van der Waals surface area contributed by atoms with Gasteiger partial charge in [-0.2, -0.15) is 0 Å². The Hall–Kier alpha value is -2.93. The van der Waals surface area contributed by atoms with Crippen LogP contribution in [0.1, 0.15) is 17.3 Å². The van der Waals surface area contributed by atoms with Crippen LogP contribution in [0.15, 0.2) is 36.4 Å². The molecule has 3 heterocycles. The summed E-state index contributed by atoms with van der Waals surface area (Å²) in [5.74, 6) is -0.531. The van der Waals surface area contributed by atoms with Gasteiger partial charge in [-0.25, -0.2) is 9.37 Å². The van der Waals surface area contributed by atoms with Gasteiger partial charge in [0.1, 0.15) is 23.3 Å². The van der Waals surface area contributed by atoms with Gasteiger partial charge in [-0.15, -0.1) is 0 Å². The number of carbonyl (C=O) groups is 1. The van der Waals surface area contributed by atoms with Crippen LogP contribution in [0.2, 0.25) is 0 Å². The van der Waals surface area contributed by atoms with Gasteiger partial charge in [0, 0.05) is 43.5 Å². The number of esters is 1. The maximum absolute atomic E-state index is 14.9. The summed E-state index contributed by atoms with van der Waals surface area (Å²) in [5.41, 5.74) is 2.83. The summed E-state index contributed by atoms with van der Waals surface area (Å²) in [6, 6.07) is 10.9. The normalized spacial score (nSPS) is 20.3. The van der Waals surface area contributed by atoms with Crippen molar-refractivity contribution >= 4 is 22.7 Å². The van der Waals surface area contributed by atoms with Crippen LogP contribution >= 0.6 is 0 Å². The van der Waals surface area contributed by atoms with Crippen LogP contribution in [0.4, 0.5) is 10.1 Å². The third-order valence-corrected chi connectivity index (χ3v) is 5.65. The molecule has 3 aromatic rings. The number of para-hydroxylation sites is 2. The summed E-state index contributed by atoms with van der Waals surface area (Å²) in [6.45, 7) is 3.49. The molecule has 0 bridgehead atoms. The highest BCUT2D eigenvalue weighted by molar-refractivity contribution is 5.84. The summed E-state index contributed by atoms with van der Waals surface area (Å²) >= 11 is 0. The highest BCUT2D eigenvalue weighted by atomic mass is 19.1. The van der Waals surface area contributed by atoms with Crippen molar-refractivity contribution in [2.45, 2.75) is 12.3 Å². The second-order valence-corrected chi connectivity index (χ2v) is 7.51. The molecule has 1 saturated heterocycles. The fourth-order valence-electron chi connectivity index (χ4n) is 3.95. The summed E-state index contributed by atoms with van der Waals surface area (Å²) in [7, 11) is 2.07. The second-order valence-electron chi connectivity index (χ2n) is 7.51. The van der Waals surface area contributed by atoms with Crippen LogP contribution in [0, 0.1) is 5.82 Å². The Balaban J connectivity index is 1.45. The second kappa shape index (κ2) is 6.60. The number of rotatable bonds is 2. The molecule has 2 aromatic carbocycles. The average Bonchev–Trinajstić information content (AvgIpc) is 3.12. The van der Waals surface area contributed by atoms with Crippen molar-refractivity contribution in [1.29, 1.82) is 0 Å².